The maximum absolute atomic E-state index is 6.40. The first kappa shape index (κ1) is 23.4. The average molecular weight is 544 g/mol. The van der Waals surface area contributed by atoms with E-state index < -0.39 is 0 Å². The minimum Gasteiger partial charge on any atom is -0.374 e. The van der Waals surface area contributed by atoms with Gasteiger partial charge in [0.1, 0.15) is 18.3 Å². The molecule has 4 rings (SSSR count). The highest BCUT2D eigenvalue weighted by atomic mass is 127. The smallest absolute Gasteiger partial charge is 0.115 e. The second kappa shape index (κ2) is 12.5. The maximum atomic E-state index is 6.40. The molecule has 3 aromatic rings. The molecule has 1 aliphatic rings. The molecule has 1 saturated heterocycles. The van der Waals surface area contributed by atoms with E-state index in [1.54, 1.807) is 0 Å². The van der Waals surface area contributed by atoms with Crippen LogP contribution >= 0.6 is 22.6 Å². The minimum absolute atomic E-state index is 0.0367. The number of ether oxygens (including phenoxy) is 4. The summed E-state index contributed by atoms with van der Waals surface area (Å²) in [5, 5.41) is 0. The summed E-state index contributed by atoms with van der Waals surface area (Å²) in [7, 11) is 0. The predicted molar refractivity (Wildman–Crippen MR) is 134 cm³/mol. The Kier molecular flexibility index (Phi) is 9.11. The molecule has 0 radical (unpaired) electrons. The van der Waals surface area contributed by atoms with Gasteiger partial charge in [0, 0.05) is 4.43 Å². The summed E-state index contributed by atoms with van der Waals surface area (Å²) in [5.41, 5.74) is 3.43. The van der Waals surface area contributed by atoms with Crippen LogP contribution in [0.5, 0.6) is 0 Å². The van der Waals surface area contributed by atoms with E-state index in [4.69, 9.17) is 18.9 Å². The fourth-order valence-electron chi connectivity index (χ4n) is 3.87. The SMILES string of the molecule is IC[C@@H]1O[C@H](COCc2ccccc2)[C@@H](OCc2ccccc2)[C@@H]1OCc1ccccc1. The van der Waals surface area contributed by atoms with Gasteiger partial charge in [-0.3, -0.25) is 0 Å². The van der Waals surface area contributed by atoms with Crippen LogP contribution in [0.4, 0.5) is 0 Å². The Hall–Kier alpha value is -1.77. The molecule has 3 aromatic carbocycles. The van der Waals surface area contributed by atoms with Crippen molar-refractivity contribution in [3.8, 4) is 0 Å². The third-order valence-corrected chi connectivity index (χ3v) is 6.39. The lowest BCUT2D eigenvalue weighted by Crippen LogP contribution is -2.39. The standard InChI is InChI=1S/C27H29IO4/c28-16-24-26(30-18-22-12-6-2-7-13-22)27(31-19-23-14-8-3-9-15-23)25(32-24)20-29-17-21-10-4-1-5-11-21/h1-15,24-27H,16-20H2/t24-,25+,26+,27+/m0/s1. The normalized spacial score (nSPS) is 22.8. The van der Waals surface area contributed by atoms with E-state index in [1.165, 1.54) is 0 Å². The van der Waals surface area contributed by atoms with E-state index in [-0.39, 0.29) is 24.4 Å². The molecule has 0 N–H and O–H groups in total. The molecule has 168 valence electrons. The zero-order valence-electron chi connectivity index (χ0n) is 18.0. The van der Waals surface area contributed by atoms with Gasteiger partial charge in [-0.05, 0) is 16.7 Å². The van der Waals surface area contributed by atoms with Crippen LogP contribution in [-0.2, 0) is 38.8 Å². The monoisotopic (exact) mass is 544 g/mol. The molecule has 0 aliphatic carbocycles. The van der Waals surface area contributed by atoms with Crippen LogP contribution in [0.2, 0.25) is 0 Å². The van der Waals surface area contributed by atoms with Gasteiger partial charge in [0.15, 0.2) is 0 Å². The van der Waals surface area contributed by atoms with Crippen molar-refractivity contribution >= 4 is 22.6 Å². The van der Waals surface area contributed by atoms with Gasteiger partial charge >= 0.3 is 0 Å². The molecule has 0 spiro atoms. The van der Waals surface area contributed by atoms with Crippen LogP contribution in [0.15, 0.2) is 91.0 Å². The van der Waals surface area contributed by atoms with Gasteiger partial charge in [0.2, 0.25) is 0 Å². The van der Waals surface area contributed by atoms with Gasteiger partial charge in [0.05, 0.1) is 32.5 Å². The summed E-state index contributed by atoms with van der Waals surface area (Å²) >= 11 is 2.36. The van der Waals surface area contributed by atoms with Crippen LogP contribution in [-0.4, -0.2) is 35.5 Å². The van der Waals surface area contributed by atoms with E-state index in [9.17, 15) is 0 Å². The van der Waals surface area contributed by atoms with Gasteiger partial charge in [-0.2, -0.15) is 0 Å². The van der Waals surface area contributed by atoms with Crippen molar-refractivity contribution in [3.63, 3.8) is 0 Å². The van der Waals surface area contributed by atoms with Crippen molar-refractivity contribution in [1.82, 2.24) is 0 Å². The Morgan fingerprint density at radius 3 is 1.50 bits per heavy atom. The summed E-state index contributed by atoms with van der Waals surface area (Å²) in [6, 6.07) is 30.7. The molecule has 4 nitrogen and oxygen atoms in total. The quantitative estimate of drug-likeness (QED) is 0.234. The third-order valence-electron chi connectivity index (χ3n) is 5.52. The first-order valence-corrected chi connectivity index (χ1v) is 12.5. The number of hydrogen-bond donors (Lipinski definition) is 0. The molecular formula is C27H29IO4. The van der Waals surface area contributed by atoms with Crippen molar-refractivity contribution in [2.24, 2.45) is 0 Å². The zero-order chi connectivity index (χ0) is 22.0. The molecule has 0 saturated carbocycles. The second-order valence-corrected chi connectivity index (χ2v) is 8.77. The summed E-state index contributed by atoms with van der Waals surface area (Å²) in [6.07, 6.45) is -0.566. The summed E-state index contributed by atoms with van der Waals surface area (Å²) < 4.78 is 26.0. The Morgan fingerprint density at radius 1 is 0.594 bits per heavy atom. The molecule has 4 atom stereocenters. The Labute approximate surface area is 204 Å². The number of hydrogen-bond acceptors (Lipinski definition) is 4. The van der Waals surface area contributed by atoms with Crippen LogP contribution in [0, 0.1) is 0 Å². The molecule has 0 bridgehead atoms. The van der Waals surface area contributed by atoms with E-state index in [0.717, 1.165) is 21.1 Å². The van der Waals surface area contributed by atoms with Crippen LogP contribution < -0.4 is 0 Å². The average Bonchev–Trinajstić information content (AvgIpc) is 3.19. The zero-order valence-corrected chi connectivity index (χ0v) is 20.2. The van der Waals surface area contributed by atoms with Gasteiger partial charge in [-0.15, -0.1) is 0 Å². The van der Waals surface area contributed by atoms with Crippen molar-refractivity contribution in [3.05, 3.63) is 108 Å². The van der Waals surface area contributed by atoms with Gasteiger partial charge in [0.25, 0.3) is 0 Å². The van der Waals surface area contributed by atoms with Crippen LogP contribution in [0.3, 0.4) is 0 Å². The van der Waals surface area contributed by atoms with E-state index in [0.29, 0.717) is 26.4 Å². The topological polar surface area (TPSA) is 36.9 Å². The van der Waals surface area contributed by atoms with Crippen LogP contribution in [0.25, 0.3) is 0 Å². The fourth-order valence-corrected chi connectivity index (χ4v) is 4.57. The van der Waals surface area contributed by atoms with E-state index in [2.05, 4.69) is 59.0 Å². The highest BCUT2D eigenvalue weighted by Gasteiger charge is 2.45. The first-order chi connectivity index (χ1) is 15.8. The number of alkyl halides is 1. The molecule has 1 aliphatic heterocycles. The largest absolute Gasteiger partial charge is 0.374 e. The second-order valence-electron chi connectivity index (χ2n) is 7.89. The minimum atomic E-state index is -0.200. The lowest BCUT2D eigenvalue weighted by atomic mass is 10.1. The highest BCUT2D eigenvalue weighted by molar-refractivity contribution is 14.1. The molecule has 1 fully saturated rings. The molecule has 32 heavy (non-hydrogen) atoms. The van der Waals surface area contributed by atoms with Crippen LogP contribution in [0.1, 0.15) is 16.7 Å². The summed E-state index contributed by atoms with van der Waals surface area (Å²) in [6.45, 7) is 2.07. The first-order valence-electron chi connectivity index (χ1n) is 11.0. The van der Waals surface area contributed by atoms with Gasteiger partial charge in [-0.1, -0.05) is 114 Å². The lowest BCUT2D eigenvalue weighted by Gasteiger charge is -2.25. The summed E-state index contributed by atoms with van der Waals surface area (Å²) in [4.78, 5) is 0. The lowest BCUT2D eigenvalue weighted by molar-refractivity contribution is -0.0897. The number of rotatable bonds is 11. The van der Waals surface area contributed by atoms with Gasteiger partial charge < -0.3 is 18.9 Å². The molecular weight excluding hydrogens is 515 g/mol. The van der Waals surface area contributed by atoms with Crippen molar-refractivity contribution < 1.29 is 18.9 Å². The van der Waals surface area contributed by atoms with Gasteiger partial charge in [-0.25, -0.2) is 0 Å². The predicted octanol–water partition coefficient (Wildman–Crippen LogP) is 5.58. The molecule has 0 aromatic heterocycles. The van der Waals surface area contributed by atoms with Crippen molar-refractivity contribution in [2.45, 2.75) is 44.2 Å². The molecule has 0 amide bonds. The highest BCUT2D eigenvalue weighted by Crippen LogP contribution is 2.30. The Balaban J connectivity index is 1.42. The number of halogens is 1. The fraction of sp³-hybridized carbons (Fsp3) is 0.333. The Bertz CT molecular complexity index is 907. The summed E-state index contributed by atoms with van der Waals surface area (Å²) in [5.74, 6) is 0. The molecule has 0 unspecified atom stereocenters. The third kappa shape index (κ3) is 6.62. The van der Waals surface area contributed by atoms with Crippen molar-refractivity contribution in [1.29, 1.82) is 0 Å². The van der Waals surface area contributed by atoms with E-state index >= 15 is 0 Å². The van der Waals surface area contributed by atoms with Crippen molar-refractivity contribution in [2.75, 3.05) is 11.0 Å². The molecule has 1 heterocycles. The number of benzene rings is 3. The molecule has 5 heteroatoms. The Morgan fingerprint density at radius 2 is 1.03 bits per heavy atom. The van der Waals surface area contributed by atoms with E-state index in [1.807, 2.05) is 54.6 Å². The maximum Gasteiger partial charge on any atom is 0.115 e.